The van der Waals surface area contributed by atoms with Gasteiger partial charge in [-0.1, -0.05) is 18.2 Å². The topological polar surface area (TPSA) is 62.5 Å². The van der Waals surface area contributed by atoms with Crippen LogP contribution in [-0.4, -0.2) is 45.0 Å². The number of nitrogens with one attached hydrogen (secondary N) is 1. The van der Waals surface area contributed by atoms with Gasteiger partial charge in [0.15, 0.2) is 11.3 Å². The fraction of sp³-hybridized carbons (Fsp3) is 0.316. The molecule has 7 heteroatoms. The van der Waals surface area contributed by atoms with Gasteiger partial charge in [0.1, 0.15) is 5.82 Å². The van der Waals surface area contributed by atoms with Crippen molar-refractivity contribution < 1.29 is 9.18 Å². The first-order valence-corrected chi connectivity index (χ1v) is 8.79. The Morgan fingerprint density at radius 3 is 2.81 bits per heavy atom. The summed E-state index contributed by atoms with van der Waals surface area (Å²) in [7, 11) is 0. The number of amides is 1. The maximum absolute atomic E-state index is 14.3. The Kier molecular flexibility index (Phi) is 4.62. The van der Waals surface area contributed by atoms with Crippen molar-refractivity contribution in [3.63, 3.8) is 0 Å². The van der Waals surface area contributed by atoms with Crippen molar-refractivity contribution in [3.8, 4) is 0 Å². The second kappa shape index (κ2) is 7.21. The molecule has 3 heterocycles. The summed E-state index contributed by atoms with van der Waals surface area (Å²) in [6.45, 7) is 2.15. The van der Waals surface area contributed by atoms with Gasteiger partial charge in [-0.05, 0) is 38.1 Å². The number of hydrogen-bond acceptors (Lipinski definition) is 4. The van der Waals surface area contributed by atoms with Crippen LogP contribution in [0.25, 0.3) is 5.65 Å². The second-order valence-corrected chi connectivity index (χ2v) is 6.44. The molecule has 1 fully saturated rings. The van der Waals surface area contributed by atoms with Crippen LogP contribution in [0.1, 0.15) is 34.9 Å². The molecule has 134 valence electrons. The Hall–Kier alpha value is -2.80. The Morgan fingerprint density at radius 2 is 2.04 bits per heavy atom. The maximum atomic E-state index is 14.3. The maximum Gasteiger partial charge on any atom is 0.271 e. The van der Waals surface area contributed by atoms with Crippen molar-refractivity contribution in [1.82, 2.24) is 24.8 Å². The number of aromatic nitrogens is 3. The van der Waals surface area contributed by atoms with Gasteiger partial charge in [0.25, 0.3) is 5.91 Å². The van der Waals surface area contributed by atoms with Crippen LogP contribution in [0.3, 0.4) is 0 Å². The molecule has 4 rings (SSSR count). The third-order valence-corrected chi connectivity index (χ3v) is 4.77. The third kappa shape index (κ3) is 3.30. The van der Waals surface area contributed by atoms with Crippen LogP contribution in [0.2, 0.25) is 0 Å². The highest BCUT2D eigenvalue weighted by Gasteiger charge is 2.26. The van der Waals surface area contributed by atoms with Crippen LogP contribution in [0, 0.1) is 5.82 Å². The molecule has 1 atom stereocenters. The molecule has 0 aliphatic carbocycles. The molecular weight excluding hydrogens is 333 g/mol. The van der Waals surface area contributed by atoms with Gasteiger partial charge in [0.05, 0.1) is 6.04 Å². The minimum absolute atomic E-state index is 0.183. The molecule has 0 spiro atoms. The highest BCUT2D eigenvalue weighted by Crippen LogP contribution is 2.26. The Morgan fingerprint density at radius 1 is 1.23 bits per heavy atom. The summed E-state index contributed by atoms with van der Waals surface area (Å²) in [6, 6.07) is 9.98. The number of halogens is 1. The first-order valence-electron chi connectivity index (χ1n) is 8.79. The number of benzene rings is 1. The van der Waals surface area contributed by atoms with E-state index in [0.29, 0.717) is 23.4 Å². The van der Waals surface area contributed by atoms with E-state index in [1.807, 2.05) is 6.07 Å². The molecule has 1 aliphatic rings. The number of nitrogens with zero attached hydrogens (tertiary/aromatic N) is 4. The summed E-state index contributed by atoms with van der Waals surface area (Å²) in [6.07, 6.45) is 5.58. The average molecular weight is 353 g/mol. The zero-order chi connectivity index (χ0) is 17.9. The molecule has 6 nitrogen and oxygen atoms in total. The Labute approximate surface area is 150 Å². The van der Waals surface area contributed by atoms with E-state index < -0.39 is 0 Å². The molecule has 0 saturated carbocycles. The molecule has 1 N–H and O–H groups in total. The van der Waals surface area contributed by atoms with E-state index in [1.54, 1.807) is 41.2 Å². The first kappa shape index (κ1) is 16.7. The van der Waals surface area contributed by atoms with Crippen LogP contribution in [0.5, 0.6) is 0 Å². The average Bonchev–Trinajstić information content (AvgIpc) is 3.32. The molecule has 1 aromatic carbocycles. The van der Waals surface area contributed by atoms with Gasteiger partial charge < -0.3 is 5.32 Å². The van der Waals surface area contributed by atoms with Crippen molar-refractivity contribution in [3.05, 3.63) is 65.9 Å². The normalized spacial score (nSPS) is 16.0. The summed E-state index contributed by atoms with van der Waals surface area (Å²) >= 11 is 0. The Bertz CT molecular complexity index is 886. The first-order chi connectivity index (χ1) is 12.7. The van der Waals surface area contributed by atoms with E-state index in [9.17, 15) is 9.18 Å². The minimum atomic E-state index is -0.281. The molecule has 1 aliphatic heterocycles. The van der Waals surface area contributed by atoms with Gasteiger partial charge in [-0.25, -0.2) is 13.9 Å². The largest absolute Gasteiger partial charge is 0.349 e. The van der Waals surface area contributed by atoms with Crippen LogP contribution in [-0.2, 0) is 0 Å². The van der Waals surface area contributed by atoms with Gasteiger partial charge in [-0.2, -0.15) is 5.10 Å². The number of likely N-dealkylation sites (tertiary alicyclic amines) is 1. The van der Waals surface area contributed by atoms with Crippen molar-refractivity contribution in [2.24, 2.45) is 0 Å². The molecule has 0 unspecified atom stereocenters. The minimum Gasteiger partial charge on any atom is -0.349 e. The van der Waals surface area contributed by atoms with Gasteiger partial charge in [0.2, 0.25) is 0 Å². The molecular formula is C19H20FN5O. The van der Waals surface area contributed by atoms with Crippen LogP contribution < -0.4 is 5.32 Å². The molecule has 2 aromatic heterocycles. The van der Waals surface area contributed by atoms with E-state index in [2.05, 4.69) is 20.3 Å². The van der Waals surface area contributed by atoms with Gasteiger partial charge in [-0.3, -0.25) is 9.69 Å². The fourth-order valence-corrected chi connectivity index (χ4v) is 3.46. The SMILES string of the molecule is O=C(NC[C@H](c1ccccc1F)N1CCCC1)c1cc2ncccn2n1. The summed E-state index contributed by atoms with van der Waals surface area (Å²) in [5.74, 6) is -0.522. The van der Waals surface area contributed by atoms with Crippen molar-refractivity contribution in [1.29, 1.82) is 0 Å². The molecule has 3 aromatic rings. The lowest BCUT2D eigenvalue weighted by molar-refractivity contribution is 0.0932. The van der Waals surface area contributed by atoms with E-state index in [0.717, 1.165) is 25.9 Å². The van der Waals surface area contributed by atoms with Gasteiger partial charge in [0, 0.05) is 30.6 Å². The van der Waals surface area contributed by atoms with Crippen molar-refractivity contribution >= 4 is 11.6 Å². The predicted molar refractivity (Wildman–Crippen MR) is 95.3 cm³/mol. The van der Waals surface area contributed by atoms with Crippen LogP contribution >= 0.6 is 0 Å². The fourth-order valence-electron chi connectivity index (χ4n) is 3.46. The molecule has 1 saturated heterocycles. The number of hydrogen-bond donors (Lipinski definition) is 1. The highest BCUT2D eigenvalue weighted by molar-refractivity contribution is 5.93. The lowest BCUT2D eigenvalue weighted by atomic mass is 10.0. The lowest BCUT2D eigenvalue weighted by Crippen LogP contribution is -2.37. The molecule has 26 heavy (non-hydrogen) atoms. The van der Waals surface area contributed by atoms with E-state index >= 15 is 0 Å². The summed E-state index contributed by atoms with van der Waals surface area (Å²) < 4.78 is 15.9. The van der Waals surface area contributed by atoms with E-state index in [1.165, 1.54) is 6.07 Å². The van der Waals surface area contributed by atoms with Gasteiger partial charge in [-0.15, -0.1) is 0 Å². The monoisotopic (exact) mass is 353 g/mol. The van der Waals surface area contributed by atoms with Crippen LogP contribution in [0.15, 0.2) is 48.8 Å². The van der Waals surface area contributed by atoms with Crippen LogP contribution in [0.4, 0.5) is 4.39 Å². The summed E-state index contributed by atoms with van der Waals surface area (Å²) in [4.78, 5) is 18.9. The van der Waals surface area contributed by atoms with Crippen molar-refractivity contribution in [2.75, 3.05) is 19.6 Å². The zero-order valence-corrected chi connectivity index (χ0v) is 14.3. The van der Waals surface area contributed by atoms with Crippen molar-refractivity contribution in [2.45, 2.75) is 18.9 Å². The van der Waals surface area contributed by atoms with E-state index in [4.69, 9.17) is 0 Å². The standard InChI is InChI=1S/C19H20FN5O/c20-15-7-2-1-6-14(15)17(24-9-3-4-10-24)13-22-19(26)16-12-18-21-8-5-11-25(18)23-16/h1-2,5-8,11-12,17H,3-4,9-10,13H2,(H,22,26)/t17-/m1/s1. The zero-order valence-electron chi connectivity index (χ0n) is 14.3. The summed E-state index contributed by atoms with van der Waals surface area (Å²) in [5.41, 5.74) is 1.53. The third-order valence-electron chi connectivity index (χ3n) is 4.77. The molecule has 1 amide bonds. The molecule has 0 bridgehead atoms. The Balaban J connectivity index is 1.52. The predicted octanol–water partition coefficient (Wildman–Crippen LogP) is 2.44. The quantitative estimate of drug-likeness (QED) is 0.765. The van der Waals surface area contributed by atoms with E-state index in [-0.39, 0.29) is 17.8 Å². The smallest absolute Gasteiger partial charge is 0.271 e. The number of fused-ring (bicyclic) bond motifs is 1. The lowest BCUT2D eigenvalue weighted by Gasteiger charge is -2.28. The second-order valence-electron chi connectivity index (χ2n) is 6.44. The number of rotatable bonds is 5. The van der Waals surface area contributed by atoms with Gasteiger partial charge >= 0.3 is 0 Å². The highest BCUT2D eigenvalue weighted by atomic mass is 19.1. The number of carbonyl (C=O) groups excluding carboxylic acids is 1. The summed E-state index contributed by atoms with van der Waals surface area (Å²) in [5, 5.41) is 7.14. The molecule has 0 radical (unpaired) electrons. The number of carbonyl (C=O) groups is 1.